The van der Waals surface area contributed by atoms with E-state index in [1.807, 2.05) is 32.9 Å². The van der Waals surface area contributed by atoms with Crippen molar-refractivity contribution < 1.29 is 14.3 Å². The molecule has 0 aliphatic carbocycles. The number of hydrogen-bond acceptors (Lipinski definition) is 3. The minimum absolute atomic E-state index is 0.282. The van der Waals surface area contributed by atoms with Crippen molar-refractivity contribution in [2.45, 2.75) is 27.7 Å². The maximum Gasteiger partial charge on any atom is 0.330 e. The van der Waals surface area contributed by atoms with Gasteiger partial charge in [-0.05, 0) is 38.8 Å². The SMILES string of the molecule is CC=CC(=O)OCC(=O)Nc1c(C)cc(C)cc1C. The number of ether oxygens (including phenoxy) is 1. The van der Waals surface area contributed by atoms with Crippen molar-refractivity contribution in [1.82, 2.24) is 0 Å². The number of esters is 1. The minimum atomic E-state index is -0.519. The molecule has 0 aromatic heterocycles. The van der Waals surface area contributed by atoms with Crippen molar-refractivity contribution in [3.05, 3.63) is 41.0 Å². The van der Waals surface area contributed by atoms with Gasteiger partial charge in [0.05, 0.1) is 0 Å². The first kappa shape index (κ1) is 15.0. The number of carbonyl (C=O) groups excluding carboxylic acids is 2. The fourth-order valence-corrected chi connectivity index (χ4v) is 1.87. The summed E-state index contributed by atoms with van der Waals surface area (Å²) < 4.78 is 4.78. The van der Waals surface area contributed by atoms with Gasteiger partial charge in [-0.1, -0.05) is 23.8 Å². The standard InChI is InChI=1S/C15H19NO3/c1-5-6-14(18)19-9-13(17)16-15-11(3)7-10(2)8-12(15)4/h5-8H,9H2,1-4H3,(H,16,17). The molecule has 1 aromatic rings. The van der Waals surface area contributed by atoms with Gasteiger partial charge in [0.2, 0.25) is 0 Å². The molecule has 0 saturated heterocycles. The highest BCUT2D eigenvalue weighted by Crippen LogP contribution is 2.21. The van der Waals surface area contributed by atoms with Crippen LogP contribution in [0, 0.1) is 20.8 Å². The fourth-order valence-electron chi connectivity index (χ4n) is 1.87. The lowest BCUT2D eigenvalue weighted by Gasteiger charge is -2.12. The van der Waals surface area contributed by atoms with E-state index in [4.69, 9.17) is 4.74 Å². The van der Waals surface area contributed by atoms with Gasteiger partial charge in [0.25, 0.3) is 5.91 Å². The van der Waals surface area contributed by atoms with Crippen molar-refractivity contribution in [1.29, 1.82) is 0 Å². The number of amides is 1. The van der Waals surface area contributed by atoms with Gasteiger partial charge >= 0.3 is 5.97 Å². The maximum absolute atomic E-state index is 11.7. The van der Waals surface area contributed by atoms with Crippen molar-refractivity contribution >= 4 is 17.6 Å². The number of allylic oxidation sites excluding steroid dienone is 1. The third kappa shape index (κ3) is 4.58. The number of benzene rings is 1. The molecule has 0 heterocycles. The Kier molecular flexibility index (Phi) is 5.30. The van der Waals surface area contributed by atoms with Crippen LogP contribution in [0.5, 0.6) is 0 Å². The first-order valence-electron chi connectivity index (χ1n) is 6.11. The molecule has 0 fully saturated rings. The van der Waals surface area contributed by atoms with Crippen LogP contribution in [0.1, 0.15) is 23.6 Å². The lowest BCUT2D eigenvalue weighted by Crippen LogP contribution is -2.21. The Hall–Kier alpha value is -2.10. The van der Waals surface area contributed by atoms with Crippen molar-refractivity contribution in [3.8, 4) is 0 Å². The van der Waals surface area contributed by atoms with E-state index in [2.05, 4.69) is 5.32 Å². The molecule has 1 rings (SSSR count). The summed E-state index contributed by atoms with van der Waals surface area (Å²) in [4.78, 5) is 22.8. The lowest BCUT2D eigenvalue weighted by atomic mass is 10.1. The normalized spacial score (nSPS) is 10.5. The third-order valence-electron chi connectivity index (χ3n) is 2.59. The molecule has 0 atom stereocenters. The number of rotatable bonds is 4. The fraction of sp³-hybridized carbons (Fsp3) is 0.333. The predicted octanol–water partition coefficient (Wildman–Crippen LogP) is 2.67. The largest absolute Gasteiger partial charge is 0.452 e. The summed E-state index contributed by atoms with van der Waals surface area (Å²) in [6.07, 6.45) is 2.84. The smallest absolute Gasteiger partial charge is 0.330 e. The average molecular weight is 261 g/mol. The van der Waals surface area contributed by atoms with Gasteiger partial charge in [-0.15, -0.1) is 0 Å². The monoisotopic (exact) mass is 261 g/mol. The number of anilines is 1. The summed E-state index contributed by atoms with van der Waals surface area (Å²) in [6.45, 7) is 7.30. The number of hydrogen-bond donors (Lipinski definition) is 1. The van der Waals surface area contributed by atoms with Crippen molar-refractivity contribution in [3.63, 3.8) is 0 Å². The van der Waals surface area contributed by atoms with Gasteiger partial charge < -0.3 is 10.1 Å². The third-order valence-corrected chi connectivity index (χ3v) is 2.59. The summed E-state index contributed by atoms with van der Waals surface area (Å²) in [5.41, 5.74) is 3.90. The van der Waals surface area contributed by atoms with Crippen molar-refractivity contribution in [2.24, 2.45) is 0 Å². The topological polar surface area (TPSA) is 55.4 Å². The zero-order valence-electron chi connectivity index (χ0n) is 11.7. The molecule has 0 aliphatic heterocycles. The van der Waals surface area contributed by atoms with Crippen LogP contribution in [0.2, 0.25) is 0 Å². The van der Waals surface area contributed by atoms with Crippen LogP contribution in [-0.2, 0) is 14.3 Å². The Bertz CT molecular complexity index is 495. The molecule has 1 N–H and O–H groups in total. The van der Waals surface area contributed by atoms with Crippen LogP contribution in [0.4, 0.5) is 5.69 Å². The summed E-state index contributed by atoms with van der Waals surface area (Å²) >= 11 is 0. The molecule has 0 aliphatic rings. The van der Waals surface area contributed by atoms with Crippen molar-refractivity contribution in [2.75, 3.05) is 11.9 Å². The molecule has 19 heavy (non-hydrogen) atoms. The van der Waals surface area contributed by atoms with E-state index in [9.17, 15) is 9.59 Å². The maximum atomic E-state index is 11.7. The summed E-state index contributed by atoms with van der Waals surface area (Å²) in [5, 5.41) is 2.76. The zero-order chi connectivity index (χ0) is 14.4. The molecule has 0 saturated carbocycles. The van der Waals surface area contributed by atoms with E-state index in [-0.39, 0.29) is 12.5 Å². The van der Waals surface area contributed by atoms with Crippen LogP contribution >= 0.6 is 0 Å². The number of aryl methyl sites for hydroxylation is 3. The Morgan fingerprint density at radius 2 is 1.79 bits per heavy atom. The van der Waals surface area contributed by atoms with Gasteiger partial charge in [-0.3, -0.25) is 4.79 Å². The van der Waals surface area contributed by atoms with Crippen LogP contribution in [0.25, 0.3) is 0 Å². The molecule has 4 heteroatoms. The molecule has 0 bridgehead atoms. The lowest BCUT2D eigenvalue weighted by molar-refractivity contribution is -0.142. The van der Waals surface area contributed by atoms with Gasteiger partial charge in [-0.2, -0.15) is 0 Å². The van der Waals surface area contributed by atoms with Crippen LogP contribution in [0.15, 0.2) is 24.3 Å². The van der Waals surface area contributed by atoms with Crippen LogP contribution in [-0.4, -0.2) is 18.5 Å². The average Bonchev–Trinajstić information content (AvgIpc) is 2.31. The Morgan fingerprint density at radius 3 is 2.32 bits per heavy atom. The Labute approximate surface area is 113 Å². The molecular formula is C15H19NO3. The quantitative estimate of drug-likeness (QED) is 0.669. The van der Waals surface area contributed by atoms with Crippen LogP contribution in [0.3, 0.4) is 0 Å². The van der Waals surface area contributed by atoms with E-state index in [0.29, 0.717) is 0 Å². The first-order valence-corrected chi connectivity index (χ1v) is 6.11. The highest BCUT2D eigenvalue weighted by molar-refractivity contribution is 5.95. The van der Waals surface area contributed by atoms with Gasteiger partial charge in [-0.25, -0.2) is 4.79 Å². The molecule has 0 radical (unpaired) electrons. The van der Waals surface area contributed by atoms with E-state index in [1.54, 1.807) is 13.0 Å². The predicted molar refractivity (Wildman–Crippen MR) is 75.1 cm³/mol. The van der Waals surface area contributed by atoms with E-state index < -0.39 is 5.97 Å². The second kappa shape index (κ2) is 6.73. The van der Waals surface area contributed by atoms with Gasteiger partial charge in [0.1, 0.15) is 0 Å². The second-order valence-corrected chi connectivity index (χ2v) is 4.43. The molecule has 4 nitrogen and oxygen atoms in total. The molecule has 0 spiro atoms. The summed E-state index contributed by atoms with van der Waals surface area (Å²) in [6, 6.07) is 3.99. The minimum Gasteiger partial charge on any atom is -0.452 e. The molecule has 0 unspecified atom stereocenters. The summed E-state index contributed by atoms with van der Waals surface area (Å²) in [7, 11) is 0. The van der Waals surface area contributed by atoms with E-state index >= 15 is 0 Å². The van der Waals surface area contributed by atoms with Gasteiger partial charge in [0.15, 0.2) is 6.61 Å². The highest BCUT2D eigenvalue weighted by Gasteiger charge is 2.09. The molecule has 1 aromatic carbocycles. The Morgan fingerprint density at radius 1 is 1.21 bits per heavy atom. The summed E-state index contributed by atoms with van der Waals surface area (Å²) in [5.74, 6) is -0.858. The van der Waals surface area contributed by atoms with Gasteiger partial charge in [0, 0.05) is 11.8 Å². The number of carbonyl (C=O) groups is 2. The molecular weight excluding hydrogens is 242 g/mol. The number of nitrogens with one attached hydrogen (secondary N) is 1. The molecule has 1 amide bonds. The second-order valence-electron chi connectivity index (χ2n) is 4.43. The first-order chi connectivity index (χ1) is 8.93. The Balaban J connectivity index is 2.65. The van der Waals surface area contributed by atoms with E-state index in [1.165, 1.54) is 6.08 Å². The van der Waals surface area contributed by atoms with E-state index in [0.717, 1.165) is 22.4 Å². The van der Waals surface area contributed by atoms with Crippen LogP contribution < -0.4 is 5.32 Å². The highest BCUT2D eigenvalue weighted by atomic mass is 16.5. The molecule has 102 valence electrons. The zero-order valence-corrected chi connectivity index (χ0v) is 11.7.